The number of rotatable bonds is 2. The average molecular weight is 285 g/mol. The Hall–Kier alpha value is -2.14. The first-order chi connectivity index (χ1) is 10.2. The maximum atomic E-state index is 12.6. The van der Waals surface area contributed by atoms with E-state index in [0.717, 1.165) is 11.4 Å². The van der Waals surface area contributed by atoms with Crippen molar-refractivity contribution in [2.45, 2.75) is 25.9 Å². The van der Waals surface area contributed by atoms with E-state index in [2.05, 4.69) is 5.10 Å². The molecule has 1 aliphatic heterocycles. The largest absolute Gasteiger partial charge is 0.393 e. The Kier molecular flexibility index (Phi) is 3.75. The lowest BCUT2D eigenvalue weighted by Gasteiger charge is -2.29. The second-order valence-electron chi connectivity index (χ2n) is 5.41. The summed E-state index contributed by atoms with van der Waals surface area (Å²) in [5, 5.41) is 13.9. The fraction of sp³-hybridized carbons (Fsp3) is 0.375. The van der Waals surface area contributed by atoms with E-state index in [-0.39, 0.29) is 12.0 Å². The van der Waals surface area contributed by atoms with Gasteiger partial charge in [0.1, 0.15) is 0 Å². The Labute approximate surface area is 123 Å². The van der Waals surface area contributed by atoms with Gasteiger partial charge in [-0.1, -0.05) is 18.2 Å². The lowest BCUT2D eigenvalue weighted by atomic mass is 10.1. The summed E-state index contributed by atoms with van der Waals surface area (Å²) in [6.45, 7) is 3.12. The van der Waals surface area contributed by atoms with Crippen molar-refractivity contribution in [3.05, 3.63) is 47.8 Å². The molecule has 1 saturated heterocycles. The van der Waals surface area contributed by atoms with Crippen LogP contribution in [0.1, 0.15) is 28.9 Å². The van der Waals surface area contributed by atoms with E-state index in [1.165, 1.54) is 0 Å². The van der Waals surface area contributed by atoms with E-state index < -0.39 is 0 Å². The molecule has 1 amide bonds. The van der Waals surface area contributed by atoms with Gasteiger partial charge in [-0.25, -0.2) is 4.68 Å². The molecular formula is C16H19N3O2. The van der Waals surface area contributed by atoms with Gasteiger partial charge in [0.05, 0.1) is 29.2 Å². The molecule has 0 radical (unpaired) electrons. The second-order valence-corrected chi connectivity index (χ2v) is 5.41. The van der Waals surface area contributed by atoms with Crippen LogP contribution in [0.5, 0.6) is 0 Å². The zero-order valence-electron chi connectivity index (χ0n) is 12.1. The minimum atomic E-state index is -0.276. The standard InChI is InChI=1S/C16H19N3O2/c1-12-15(16(21)18-9-7-14(20)8-10-18)11-17-19(12)13-5-3-2-4-6-13/h2-6,11,14,20H,7-10H2,1H3. The van der Waals surface area contributed by atoms with Crippen LogP contribution < -0.4 is 0 Å². The fourth-order valence-corrected chi connectivity index (χ4v) is 2.69. The molecule has 21 heavy (non-hydrogen) atoms. The topological polar surface area (TPSA) is 58.4 Å². The summed E-state index contributed by atoms with van der Waals surface area (Å²) < 4.78 is 1.78. The molecule has 0 saturated carbocycles. The Morgan fingerprint density at radius 1 is 1.24 bits per heavy atom. The Balaban J connectivity index is 1.84. The molecule has 0 atom stereocenters. The molecule has 110 valence electrons. The number of carbonyl (C=O) groups excluding carboxylic acids is 1. The number of hydrogen-bond donors (Lipinski definition) is 1. The molecule has 0 unspecified atom stereocenters. The lowest BCUT2D eigenvalue weighted by molar-refractivity contribution is 0.0546. The van der Waals surface area contributed by atoms with Crippen LogP contribution in [0.25, 0.3) is 5.69 Å². The highest BCUT2D eigenvalue weighted by Gasteiger charge is 2.25. The quantitative estimate of drug-likeness (QED) is 0.915. The average Bonchev–Trinajstić information content (AvgIpc) is 2.90. The lowest BCUT2D eigenvalue weighted by Crippen LogP contribution is -2.40. The van der Waals surface area contributed by atoms with E-state index in [0.29, 0.717) is 31.5 Å². The fourth-order valence-electron chi connectivity index (χ4n) is 2.69. The number of carbonyl (C=O) groups is 1. The maximum absolute atomic E-state index is 12.6. The van der Waals surface area contributed by atoms with Gasteiger partial charge >= 0.3 is 0 Å². The number of likely N-dealkylation sites (tertiary alicyclic amines) is 1. The van der Waals surface area contributed by atoms with Crippen LogP contribution in [-0.4, -0.2) is 44.9 Å². The highest BCUT2D eigenvalue weighted by molar-refractivity contribution is 5.95. The van der Waals surface area contributed by atoms with Crippen molar-refractivity contribution in [3.8, 4) is 5.69 Å². The molecule has 5 nitrogen and oxygen atoms in total. The summed E-state index contributed by atoms with van der Waals surface area (Å²) in [7, 11) is 0. The summed E-state index contributed by atoms with van der Waals surface area (Å²) in [4.78, 5) is 14.4. The summed E-state index contributed by atoms with van der Waals surface area (Å²) in [6.07, 6.45) is 2.66. The van der Waals surface area contributed by atoms with Crippen LogP contribution in [0.2, 0.25) is 0 Å². The molecule has 1 aliphatic rings. The molecule has 0 aliphatic carbocycles. The van der Waals surface area contributed by atoms with Gasteiger partial charge in [0.2, 0.25) is 0 Å². The van der Waals surface area contributed by atoms with Crippen molar-refractivity contribution < 1.29 is 9.90 Å². The predicted molar refractivity (Wildman–Crippen MR) is 79.4 cm³/mol. The van der Waals surface area contributed by atoms with Crippen LogP contribution in [0.15, 0.2) is 36.5 Å². The molecule has 0 bridgehead atoms. The summed E-state index contributed by atoms with van der Waals surface area (Å²) in [5.74, 6) is 0.00146. The van der Waals surface area contributed by atoms with Crippen LogP contribution in [0.4, 0.5) is 0 Å². The van der Waals surface area contributed by atoms with Gasteiger partial charge in [-0.3, -0.25) is 4.79 Å². The van der Waals surface area contributed by atoms with E-state index in [1.807, 2.05) is 37.3 Å². The molecule has 0 spiro atoms. The van der Waals surface area contributed by atoms with E-state index in [1.54, 1.807) is 15.8 Å². The number of aromatic nitrogens is 2. The molecule has 2 aromatic rings. The third-order valence-electron chi connectivity index (χ3n) is 3.99. The van der Waals surface area contributed by atoms with Crippen LogP contribution in [0.3, 0.4) is 0 Å². The number of hydrogen-bond acceptors (Lipinski definition) is 3. The first kappa shape index (κ1) is 13.8. The molecule has 2 heterocycles. The van der Waals surface area contributed by atoms with E-state index >= 15 is 0 Å². The smallest absolute Gasteiger partial charge is 0.257 e. The van der Waals surface area contributed by atoms with Gasteiger partial charge in [0.25, 0.3) is 5.91 Å². The number of amides is 1. The minimum absolute atomic E-state index is 0.00146. The molecular weight excluding hydrogens is 266 g/mol. The van der Waals surface area contributed by atoms with Crippen molar-refractivity contribution in [3.63, 3.8) is 0 Å². The van der Waals surface area contributed by atoms with Crippen LogP contribution in [0, 0.1) is 6.92 Å². The molecule has 1 fully saturated rings. The highest BCUT2D eigenvalue weighted by Crippen LogP contribution is 2.18. The summed E-state index contributed by atoms with van der Waals surface area (Å²) in [6, 6.07) is 9.78. The van der Waals surface area contributed by atoms with Crippen molar-refractivity contribution in [2.24, 2.45) is 0 Å². The Bertz CT molecular complexity index is 628. The number of piperidine rings is 1. The number of aliphatic hydroxyl groups excluding tert-OH is 1. The third-order valence-corrected chi connectivity index (χ3v) is 3.99. The minimum Gasteiger partial charge on any atom is -0.393 e. The van der Waals surface area contributed by atoms with Crippen molar-refractivity contribution in [1.29, 1.82) is 0 Å². The first-order valence-electron chi connectivity index (χ1n) is 7.24. The number of aliphatic hydroxyl groups is 1. The number of para-hydroxylation sites is 1. The van der Waals surface area contributed by atoms with E-state index in [4.69, 9.17) is 0 Å². The summed E-state index contributed by atoms with van der Waals surface area (Å²) in [5.41, 5.74) is 2.43. The van der Waals surface area contributed by atoms with Crippen molar-refractivity contribution in [1.82, 2.24) is 14.7 Å². The molecule has 1 N–H and O–H groups in total. The maximum Gasteiger partial charge on any atom is 0.257 e. The van der Waals surface area contributed by atoms with Crippen molar-refractivity contribution >= 4 is 5.91 Å². The zero-order chi connectivity index (χ0) is 14.8. The van der Waals surface area contributed by atoms with Gasteiger partial charge < -0.3 is 10.0 Å². The predicted octanol–water partition coefficient (Wildman–Crippen LogP) is 1.78. The molecule has 5 heteroatoms. The highest BCUT2D eigenvalue weighted by atomic mass is 16.3. The van der Waals surface area contributed by atoms with Gasteiger partial charge in [0.15, 0.2) is 0 Å². The number of nitrogens with zero attached hydrogens (tertiary/aromatic N) is 3. The van der Waals surface area contributed by atoms with Gasteiger partial charge in [0, 0.05) is 13.1 Å². The molecule has 1 aromatic heterocycles. The SMILES string of the molecule is Cc1c(C(=O)N2CCC(O)CC2)cnn1-c1ccccc1. The third kappa shape index (κ3) is 2.69. The van der Waals surface area contributed by atoms with Gasteiger partial charge in [-0.2, -0.15) is 5.10 Å². The normalized spacial score (nSPS) is 16.2. The van der Waals surface area contributed by atoms with Crippen molar-refractivity contribution in [2.75, 3.05) is 13.1 Å². The van der Waals surface area contributed by atoms with Crippen LogP contribution >= 0.6 is 0 Å². The molecule has 1 aromatic carbocycles. The van der Waals surface area contributed by atoms with Gasteiger partial charge in [-0.15, -0.1) is 0 Å². The van der Waals surface area contributed by atoms with Crippen LogP contribution in [-0.2, 0) is 0 Å². The number of benzene rings is 1. The van der Waals surface area contributed by atoms with Gasteiger partial charge in [-0.05, 0) is 31.9 Å². The molecule has 3 rings (SSSR count). The Morgan fingerprint density at radius 2 is 1.90 bits per heavy atom. The first-order valence-corrected chi connectivity index (χ1v) is 7.24. The second kappa shape index (κ2) is 5.69. The van der Waals surface area contributed by atoms with E-state index in [9.17, 15) is 9.90 Å². The Morgan fingerprint density at radius 3 is 2.57 bits per heavy atom. The monoisotopic (exact) mass is 285 g/mol. The zero-order valence-corrected chi connectivity index (χ0v) is 12.1. The summed E-state index contributed by atoms with van der Waals surface area (Å²) >= 11 is 0.